The molecule has 4 fully saturated rings. The van der Waals surface area contributed by atoms with Gasteiger partial charge in [0.2, 0.25) is 0 Å². The minimum Gasteiger partial charge on any atom is -0.474 e. The van der Waals surface area contributed by atoms with Gasteiger partial charge in [-0.3, -0.25) is 4.90 Å². The maximum Gasteiger partial charge on any atom is 0.257 e. The fourth-order valence-corrected chi connectivity index (χ4v) is 14.4. The number of rotatable bonds is 21. The van der Waals surface area contributed by atoms with Gasteiger partial charge in [0.05, 0.1) is 137 Å². The molecule has 0 spiro atoms. The van der Waals surface area contributed by atoms with Crippen LogP contribution in [0.5, 0.6) is 29.4 Å². The zero-order valence-corrected chi connectivity index (χ0v) is 71.7. The average Bonchev–Trinajstić information content (AvgIpc) is 1.67. The molecular formula is C86H147N21O6+2. The molecule has 113 heavy (non-hydrogen) atoms. The molecule has 10 N–H and O–H groups in total. The van der Waals surface area contributed by atoms with Crippen molar-refractivity contribution in [3.05, 3.63) is 139 Å². The molecule has 4 aliphatic rings. The van der Waals surface area contributed by atoms with E-state index < -0.39 is 0 Å². The van der Waals surface area contributed by atoms with Gasteiger partial charge in [-0.1, -0.05) is 45.2 Å². The molecule has 10 aromatic rings. The molecular weight excluding hydrogens is 1420 g/mol. The molecule has 0 bridgehead atoms. The summed E-state index contributed by atoms with van der Waals surface area (Å²) >= 11 is 0. The van der Waals surface area contributed by atoms with Gasteiger partial charge in [-0.15, -0.1) is 25.5 Å². The van der Waals surface area contributed by atoms with Crippen molar-refractivity contribution in [1.82, 2.24) is 53.0 Å². The Morgan fingerprint density at radius 3 is 0.929 bits per heavy atom. The van der Waals surface area contributed by atoms with E-state index in [-0.39, 0.29) is 37.1 Å². The number of aryl methyl sites for hydroxylation is 10. The van der Waals surface area contributed by atoms with Crippen molar-refractivity contribution < 1.29 is 50.8 Å². The lowest BCUT2D eigenvalue weighted by Gasteiger charge is -2.37. The zero-order chi connectivity index (χ0) is 78.2. The normalized spacial score (nSPS) is 16.3. The maximum absolute atomic E-state index is 6.21. The summed E-state index contributed by atoms with van der Waals surface area (Å²) in [6.45, 7) is 39.6. The first-order valence-corrected chi connectivity index (χ1v) is 38.9. The first-order valence-electron chi connectivity index (χ1n) is 38.9. The summed E-state index contributed by atoms with van der Waals surface area (Å²) < 4.78 is 49.1. The number of nitrogen functional groups attached to an aromatic ring is 5. The number of hydrogen-bond acceptors (Lipinski definition) is 17. The molecule has 630 valence electrons. The number of quaternary nitrogens is 5. The average molecular weight is 1570 g/mol. The fraction of sp³-hybridized carbons (Fsp3) is 0.558. The highest BCUT2D eigenvalue weighted by atomic mass is 16.5. The van der Waals surface area contributed by atoms with Crippen LogP contribution in [0.1, 0.15) is 110 Å². The van der Waals surface area contributed by atoms with Gasteiger partial charge in [0.15, 0.2) is 0 Å². The standard InChI is InChI=1S/C18H30N5O.C17H27N4O.C16H25N4O2.C16H25N4O.C14H23N4O.2CH4.3CH3/c1-13-6-7-16-17(19)18(20-22(16)14(13)2)24-11-10-21-9-8-15(12-21)23(3,4)5;1-13-7-8-15-16(18)17(19-20(15)14(13)2)22-12-11-21(3)9-5-4-6-10-21;1-12-4-5-14-15(17)16(18-19(14)13(12)2)22-11-8-20(3)6-9-21-10-7-20;1-12-6-7-14-15(17)16(18-19(14)13(12)2)21-11-10-20(3)8-4-5-9-20;1-10-6-7-12-13(15)14(16-17(12)11(10)2)19-9-8-18(3,4)5;;;;;/h6-7,15H,8-12,19H2,1-5H3;7-8H,4-6,9-12,18H2,1-3H3;4-5H,6-11,17H2,1-3H3;6-7H,4-5,8-11,17H2,1-3H3;6-7H,8-9,15H2,1-5H3;2*1H4;3*1H3/q5*+1;;;3*-1. The number of piperidine rings is 1. The lowest BCUT2D eigenvalue weighted by Crippen LogP contribution is -2.53. The predicted molar refractivity (Wildman–Crippen MR) is 468 cm³/mol. The molecule has 0 amide bonds. The number of hydrogen-bond donors (Lipinski definition) is 5. The smallest absolute Gasteiger partial charge is 0.257 e. The molecule has 14 rings (SSSR count). The van der Waals surface area contributed by atoms with Crippen LogP contribution >= 0.6 is 0 Å². The summed E-state index contributed by atoms with van der Waals surface area (Å²) in [7, 11) is 20.1. The number of likely N-dealkylation sites (tertiary alicyclic amines) is 3. The van der Waals surface area contributed by atoms with E-state index >= 15 is 0 Å². The second kappa shape index (κ2) is 40.0. The quantitative estimate of drug-likeness (QED) is 0.0330. The Balaban J connectivity index is 0.000000250. The van der Waals surface area contributed by atoms with Crippen molar-refractivity contribution >= 4 is 56.0 Å². The molecule has 1 unspecified atom stereocenters. The number of anilines is 5. The van der Waals surface area contributed by atoms with E-state index in [0.717, 1.165) is 151 Å². The number of ether oxygens (including phenoxy) is 6. The molecule has 4 saturated heterocycles. The SMILES string of the molecule is C.C.Cc1ccc2c(N)c(OCCN3CCC([N+](C)(C)C)C3)nn2c1C.Cc1ccc2c(N)c(OCC[N+](C)(C)C)nn2c1C.Cc1ccc2c(N)c(OCC[N+]3(C)CCCC3)nn2c1C.Cc1ccc2c(N)c(OCC[N+]3(C)CCCCC3)nn2c1C.Cc1ccc2c(N)c(OCC[N+]3(C)CCOCC3)nn2c1C.[CH3-].[CH3-].[CH3-]. The molecule has 0 saturated carbocycles. The molecule has 14 heterocycles. The van der Waals surface area contributed by atoms with Gasteiger partial charge in [-0.05, 0) is 147 Å². The Kier molecular flexibility index (Phi) is 33.5. The molecule has 0 radical (unpaired) electrons. The number of morpholine rings is 1. The van der Waals surface area contributed by atoms with Gasteiger partial charge in [-0.25, -0.2) is 22.6 Å². The van der Waals surface area contributed by atoms with Crippen LogP contribution in [-0.4, -0.2) is 276 Å². The van der Waals surface area contributed by atoms with E-state index in [1.165, 1.54) is 92.5 Å². The van der Waals surface area contributed by atoms with Crippen molar-refractivity contribution in [2.45, 2.75) is 129 Å². The third-order valence-corrected chi connectivity index (χ3v) is 23.2. The predicted octanol–water partition coefficient (Wildman–Crippen LogP) is 12.0. The van der Waals surface area contributed by atoms with Crippen LogP contribution in [-0.2, 0) is 4.74 Å². The third-order valence-electron chi connectivity index (χ3n) is 23.2. The fourth-order valence-electron chi connectivity index (χ4n) is 14.4. The Morgan fingerprint density at radius 2 is 0.655 bits per heavy atom. The van der Waals surface area contributed by atoms with Crippen molar-refractivity contribution in [2.75, 3.05) is 223 Å². The van der Waals surface area contributed by atoms with E-state index in [4.69, 9.17) is 57.1 Å². The van der Waals surface area contributed by atoms with Crippen LogP contribution in [0, 0.1) is 91.5 Å². The number of fused-ring (bicyclic) bond motifs is 5. The van der Waals surface area contributed by atoms with Gasteiger partial charge in [-0.2, -0.15) is 0 Å². The lowest BCUT2D eigenvalue weighted by atomic mass is 10.1. The van der Waals surface area contributed by atoms with Gasteiger partial charge >= 0.3 is 0 Å². The number of likely N-dealkylation sites (N-methyl/N-ethyl adjacent to an activating group) is 5. The van der Waals surface area contributed by atoms with Crippen molar-refractivity contribution in [2.24, 2.45) is 0 Å². The summed E-state index contributed by atoms with van der Waals surface area (Å²) in [5.74, 6) is 2.74. The summed E-state index contributed by atoms with van der Waals surface area (Å²) in [5.41, 5.74) is 50.0. The molecule has 1 atom stereocenters. The van der Waals surface area contributed by atoms with Crippen LogP contribution in [0.15, 0.2) is 60.7 Å². The monoisotopic (exact) mass is 1570 g/mol. The number of nitrogens with zero attached hydrogens (tertiary/aromatic N) is 16. The zero-order valence-electron chi connectivity index (χ0n) is 71.7. The largest absolute Gasteiger partial charge is 0.474 e. The maximum atomic E-state index is 6.21. The summed E-state index contributed by atoms with van der Waals surface area (Å²) in [4.78, 5) is 2.47. The van der Waals surface area contributed by atoms with E-state index in [2.05, 4.69) is 173 Å². The van der Waals surface area contributed by atoms with E-state index in [1.807, 2.05) is 73.7 Å². The van der Waals surface area contributed by atoms with Crippen molar-refractivity contribution in [3.63, 3.8) is 0 Å². The highest BCUT2D eigenvalue weighted by molar-refractivity contribution is 5.78. The van der Waals surface area contributed by atoms with E-state index in [9.17, 15) is 0 Å². The minimum absolute atomic E-state index is 0. The van der Waals surface area contributed by atoms with Gasteiger partial charge < -0.3 is 102 Å². The molecule has 27 heteroatoms. The highest BCUT2D eigenvalue weighted by Crippen LogP contribution is 2.33. The third kappa shape index (κ3) is 23.0. The van der Waals surface area contributed by atoms with Gasteiger partial charge in [0.25, 0.3) is 29.4 Å². The van der Waals surface area contributed by atoms with Crippen LogP contribution in [0.2, 0.25) is 0 Å². The summed E-state index contributed by atoms with van der Waals surface area (Å²) in [6.07, 6.45) is 7.92. The first-order chi connectivity index (χ1) is 51.1. The van der Waals surface area contributed by atoms with E-state index in [1.54, 1.807) is 0 Å². The van der Waals surface area contributed by atoms with Crippen LogP contribution in [0.25, 0.3) is 27.6 Å². The second-order valence-corrected chi connectivity index (χ2v) is 33.5. The molecule has 4 aliphatic heterocycles. The minimum atomic E-state index is 0. The van der Waals surface area contributed by atoms with Crippen molar-refractivity contribution in [1.29, 1.82) is 0 Å². The summed E-state index contributed by atoms with van der Waals surface area (Å²) in [6, 6.07) is 21.0. The summed E-state index contributed by atoms with van der Waals surface area (Å²) in [5, 5.41) is 22.6. The highest BCUT2D eigenvalue weighted by Gasteiger charge is 2.33. The Morgan fingerprint density at radius 1 is 0.389 bits per heavy atom. The van der Waals surface area contributed by atoms with Crippen LogP contribution in [0.4, 0.5) is 28.4 Å². The van der Waals surface area contributed by atoms with Gasteiger partial charge in [0, 0.05) is 60.8 Å². The molecule has 10 aromatic heterocycles. The number of aromatic nitrogens is 10. The molecule has 0 aromatic carbocycles. The van der Waals surface area contributed by atoms with Gasteiger partial charge in [0.1, 0.15) is 107 Å². The van der Waals surface area contributed by atoms with Crippen molar-refractivity contribution in [3.8, 4) is 29.4 Å². The Bertz CT molecular complexity index is 4570. The lowest BCUT2D eigenvalue weighted by molar-refractivity contribution is -0.916. The Labute approximate surface area is 677 Å². The van der Waals surface area contributed by atoms with Crippen LogP contribution < -0.4 is 52.4 Å². The second-order valence-electron chi connectivity index (χ2n) is 33.5. The van der Waals surface area contributed by atoms with Crippen LogP contribution in [0.3, 0.4) is 0 Å². The number of nitrogens with two attached hydrogens (primary N) is 5. The first kappa shape index (κ1) is 94.8. The Hall–Kier alpha value is -8.83. The molecule has 0 aliphatic carbocycles. The van der Waals surface area contributed by atoms with E-state index in [0.29, 0.717) is 96.9 Å². The topological polar surface area (TPSA) is 275 Å². The number of pyridine rings is 5. The molecule has 27 nitrogen and oxygen atoms in total.